The SMILES string of the molecule is COCC(C)Oc1ccc(C(C)(C)c2ccc(OCC(C)OC)cc2)cc1. The molecule has 27 heavy (non-hydrogen) atoms. The lowest BCUT2D eigenvalue weighted by Crippen LogP contribution is -2.20. The van der Waals surface area contributed by atoms with Crippen LogP contribution in [0.1, 0.15) is 38.8 Å². The van der Waals surface area contributed by atoms with E-state index in [2.05, 4.69) is 38.1 Å². The van der Waals surface area contributed by atoms with Crippen LogP contribution in [-0.2, 0) is 14.9 Å². The maximum absolute atomic E-state index is 5.85. The second-order valence-corrected chi connectivity index (χ2v) is 7.41. The number of hydrogen-bond acceptors (Lipinski definition) is 4. The lowest BCUT2D eigenvalue weighted by molar-refractivity contribution is 0.0716. The second-order valence-electron chi connectivity index (χ2n) is 7.41. The van der Waals surface area contributed by atoms with Gasteiger partial charge >= 0.3 is 0 Å². The van der Waals surface area contributed by atoms with Gasteiger partial charge in [0.05, 0.1) is 12.7 Å². The summed E-state index contributed by atoms with van der Waals surface area (Å²) in [5.41, 5.74) is 2.35. The summed E-state index contributed by atoms with van der Waals surface area (Å²) in [4.78, 5) is 0. The topological polar surface area (TPSA) is 36.9 Å². The van der Waals surface area contributed by atoms with Crippen molar-refractivity contribution >= 4 is 0 Å². The normalized spacial score (nSPS) is 13.9. The zero-order valence-electron chi connectivity index (χ0n) is 17.3. The summed E-state index contributed by atoms with van der Waals surface area (Å²) in [5.74, 6) is 1.71. The van der Waals surface area contributed by atoms with Crippen LogP contribution in [0.15, 0.2) is 48.5 Å². The average molecular weight is 373 g/mol. The van der Waals surface area contributed by atoms with Crippen molar-refractivity contribution in [2.75, 3.05) is 27.4 Å². The molecule has 0 radical (unpaired) electrons. The van der Waals surface area contributed by atoms with Crippen molar-refractivity contribution in [2.45, 2.75) is 45.3 Å². The molecule has 0 aromatic heterocycles. The van der Waals surface area contributed by atoms with Gasteiger partial charge in [-0.05, 0) is 49.2 Å². The Kier molecular flexibility index (Phi) is 7.69. The molecule has 0 spiro atoms. The van der Waals surface area contributed by atoms with Crippen LogP contribution in [0, 0.1) is 0 Å². The van der Waals surface area contributed by atoms with Crippen LogP contribution in [0.2, 0.25) is 0 Å². The van der Waals surface area contributed by atoms with Gasteiger partial charge in [-0.1, -0.05) is 38.1 Å². The molecule has 0 saturated heterocycles. The molecule has 0 aliphatic heterocycles. The van der Waals surface area contributed by atoms with E-state index in [0.717, 1.165) is 11.5 Å². The first-order valence-corrected chi connectivity index (χ1v) is 9.39. The number of hydrogen-bond donors (Lipinski definition) is 0. The van der Waals surface area contributed by atoms with Gasteiger partial charge in [0.2, 0.25) is 0 Å². The van der Waals surface area contributed by atoms with Crippen molar-refractivity contribution in [3.8, 4) is 11.5 Å². The van der Waals surface area contributed by atoms with Gasteiger partial charge in [-0.3, -0.25) is 0 Å². The molecule has 2 unspecified atom stereocenters. The van der Waals surface area contributed by atoms with Crippen LogP contribution in [0.5, 0.6) is 11.5 Å². The predicted molar refractivity (Wildman–Crippen MR) is 109 cm³/mol. The molecule has 148 valence electrons. The molecule has 2 aromatic carbocycles. The van der Waals surface area contributed by atoms with Crippen molar-refractivity contribution < 1.29 is 18.9 Å². The Morgan fingerprint density at radius 1 is 0.741 bits per heavy atom. The van der Waals surface area contributed by atoms with Crippen LogP contribution < -0.4 is 9.47 Å². The van der Waals surface area contributed by atoms with Gasteiger partial charge in [0.1, 0.15) is 24.2 Å². The van der Waals surface area contributed by atoms with Gasteiger partial charge < -0.3 is 18.9 Å². The first-order valence-electron chi connectivity index (χ1n) is 9.39. The summed E-state index contributed by atoms with van der Waals surface area (Å²) in [7, 11) is 3.37. The Morgan fingerprint density at radius 3 is 1.74 bits per heavy atom. The zero-order valence-corrected chi connectivity index (χ0v) is 17.3. The van der Waals surface area contributed by atoms with Crippen molar-refractivity contribution in [1.82, 2.24) is 0 Å². The first-order chi connectivity index (χ1) is 12.9. The highest BCUT2D eigenvalue weighted by atomic mass is 16.5. The molecule has 2 atom stereocenters. The van der Waals surface area contributed by atoms with Crippen LogP contribution in [0.4, 0.5) is 0 Å². The molecular weight excluding hydrogens is 340 g/mol. The third-order valence-corrected chi connectivity index (χ3v) is 4.78. The smallest absolute Gasteiger partial charge is 0.119 e. The summed E-state index contributed by atoms with van der Waals surface area (Å²) in [5, 5.41) is 0. The monoisotopic (exact) mass is 372 g/mol. The van der Waals surface area contributed by atoms with E-state index in [1.807, 2.05) is 38.1 Å². The minimum atomic E-state index is -0.116. The Labute approximate surface area is 163 Å². The molecular formula is C23H32O4. The van der Waals surface area contributed by atoms with Crippen LogP contribution in [-0.4, -0.2) is 39.6 Å². The fraction of sp³-hybridized carbons (Fsp3) is 0.478. The minimum absolute atomic E-state index is 0.0298. The molecule has 0 aliphatic rings. The molecule has 0 heterocycles. The Balaban J connectivity index is 2.06. The Bertz CT molecular complexity index is 677. The third-order valence-electron chi connectivity index (χ3n) is 4.78. The molecule has 2 rings (SSSR count). The highest BCUT2D eigenvalue weighted by Crippen LogP contribution is 2.33. The second kappa shape index (κ2) is 9.77. The molecule has 0 bridgehead atoms. The van der Waals surface area contributed by atoms with Gasteiger partial charge in [-0.25, -0.2) is 0 Å². The maximum atomic E-state index is 5.85. The molecule has 4 nitrogen and oxygen atoms in total. The summed E-state index contributed by atoms with van der Waals surface area (Å²) in [6.07, 6.45) is 0.107. The van der Waals surface area contributed by atoms with E-state index in [0.29, 0.717) is 13.2 Å². The van der Waals surface area contributed by atoms with E-state index < -0.39 is 0 Å². The summed E-state index contributed by atoms with van der Waals surface area (Å²) in [6, 6.07) is 16.6. The quantitative estimate of drug-likeness (QED) is 0.598. The molecule has 0 saturated carbocycles. The van der Waals surface area contributed by atoms with Crippen molar-refractivity contribution in [3.05, 3.63) is 59.7 Å². The third kappa shape index (κ3) is 5.98. The van der Waals surface area contributed by atoms with Crippen molar-refractivity contribution in [3.63, 3.8) is 0 Å². The molecule has 0 amide bonds. The largest absolute Gasteiger partial charge is 0.491 e. The Morgan fingerprint density at radius 2 is 1.26 bits per heavy atom. The molecule has 4 heteroatoms. The van der Waals surface area contributed by atoms with Crippen LogP contribution in [0.25, 0.3) is 0 Å². The molecule has 0 aliphatic carbocycles. The summed E-state index contributed by atoms with van der Waals surface area (Å²) >= 11 is 0. The zero-order chi connectivity index (χ0) is 19.9. The maximum Gasteiger partial charge on any atom is 0.119 e. The van der Waals surface area contributed by atoms with E-state index in [9.17, 15) is 0 Å². The van der Waals surface area contributed by atoms with Gasteiger partial charge in [0.25, 0.3) is 0 Å². The van der Waals surface area contributed by atoms with E-state index in [1.54, 1.807) is 14.2 Å². The van der Waals surface area contributed by atoms with E-state index in [1.165, 1.54) is 11.1 Å². The number of methoxy groups -OCH3 is 2. The highest BCUT2D eigenvalue weighted by Gasteiger charge is 2.23. The van der Waals surface area contributed by atoms with E-state index >= 15 is 0 Å². The molecule has 0 N–H and O–H groups in total. The Hall–Kier alpha value is -2.04. The highest BCUT2D eigenvalue weighted by molar-refractivity contribution is 5.41. The van der Waals surface area contributed by atoms with Gasteiger partial charge in [0.15, 0.2) is 0 Å². The van der Waals surface area contributed by atoms with Crippen LogP contribution in [0.3, 0.4) is 0 Å². The number of ether oxygens (including phenoxy) is 4. The molecule has 2 aromatic rings. The fourth-order valence-corrected chi connectivity index (χ4v) is 2.87. The predicted octanol–water partition coefficient (Wildman–Crippen LogP) is 4.84. The fourth-order valence-electron chi connectivity index (χ4n) is 2.87. The van der Waals surface area contributed by atoms with E-state index in [4.69, 9.17) is 18.9 Å². The van der Waals surface area contributed by atoms with Crippen LogP contribution >= 0.6 is 0 Å². The lowest BCUT2D eigenvalue weighted by atomic mass is 9.78. The first kappa shape index (κ1) is 21.3. The average Bonchev–Trinajstić information content (AvgIpc) is 2.67. The standard InChI is InChI=1S/C23H32O4/c1-17(25-6)16-26-21-11-7-19(8-12-21)23(3,4)20-9-13-22(14-10-20)27-18(2)15-24-5/h7-14,17-18H,15-16H2,1-6H3. The van der Waals surface area contributed by atoms with Gasteiger partial charge in [-0.2, -0.15) is 0 Å². The minimum Gasteiger partial charge on any atom is -0.491 e. The van der Waals surface area contributed by atoms with Gasteiger partial charge in [-0.15, -0.1) is 0 Å². The molecule has 0 fully saturated rings. The summed E-state index contributed by atoms with van der Waals surface area (Å²) in [6.45, 7) is 9.55. The lowest BCUT2D eigenvalue weighted by Gasteiger charge is -2.27. The van der Waals surface area contributed by atoms with Gasteiger partial charge in [0, 0.05) is 19.6 Å². The number of rotatable bonds is 10. The number of benzene rings is 2. The van der Waals surface area contributed by atoms with Crippen molar-refractivity contribution in [1.29, 1.82) is 0 Å². The van der Waals surface area contributed by atoms with Crippen molar-refractivity contribution in [2.24, 2.45) is 0 Å². The van der Waals surface area contributed by atoms with E-state index in [-0.39, 0.29) is 17.6 Å². The summed E-state index contributed by atoms with van der Waals surface area (Å²) < 4.78 is 21.9.